The minimum absolute atomic E-state index is 0.0365. The molecule has 0 aromatic carbocycles. The molecule has 21 heavy (non-hydrogen) atoms. The Hall–Kier alpha value is -2.19. The molecule has 0 spiro atoms. The minimum Gasteiger partial charge on any atom is -0.297 e. The fourth-order valence-corrected chi connectivity index (χ4v) is 2.84. The van der Waals surface area contributed by atoms with E-state index < -0.39 is 0 Å². The lowest BCUT2D eigenvalue weighted by atomic mass is 9.98. The van der Waals surface area contributed by atoms with E-state index in [4.69, 9.17) is 5.26 Å². The summed E-state index contributed by atoms with van der Waals surface area (Å²) in [6.45, 7) is 4.43. The van der Waals surface area contributed by atoms with E-state index in [9.17, 15) is 4.79 Å². The van der Waals surface area contributed by atoms with E-state index in [0.717, 1.165) is 42.8 Å². The highest BCUT2D eigenvalue weighted by atomic mass is 16.1. The molecule has 0 atom stereocenters. The number of fused-ring (bicyclic) bond motifs is 1. The summed E-state index contributed by atoms with van der Waals surface area (Å²) in [6.07, 6.45) is 3.56. The average molecular weight is 282 g/mol. The van der Waals surface area contributed by atoms with Crippen LogP contribution in [0.3, 0.4) is 0 Å². The largest absolute Gasteiger partial charge is 0.297 e. The second-order valence-electron chi connectivity index (χ2n) is 5.65. The fraction of sp³-hybridized carbons (Fsp3) is 0.438. The molecule has 1 aliphatic heterocycles. The first-order chi connectivity index (χ1) is 10.2. The molecule has 0 radical (unpaired) electrons. The van der Waals surface area contributed by atoms with Gasteiger partial charge in [0.1, 0.15) is 5.65 Å². The smallest absolute Gasteiger partial charge is 0.258 e. The maximum atomic E-state index is 12.2. The van der Waals surface area contributed by atoms with Crippen molar-refractivity contribution >= 4 is 5.65 Å². The van der Waals surface area contributed by atoms with Crippen LogP contribution in [-0.4, -0.2) is 27.4 Å². The summed E-state index contributed by atoms with van der Waals surface area (Å²) in [5.74, 6) is 0.179. The first-order valence-corrected chi connectivity index (χ1v) is 7.27. The van der Waals surface area contributed by atoms with Gasteiger partial charge in [0.05, 0.1) is 11.8 Å². The number of nitrogens with zero attached hydrogens (tertiary/aromatic N) is 4. The molecule has 2 aromatic rings. The third kappa shape index (κ3) is 2.81. The maximum Gasteiger partial charge on any atom is 0.258 e. The van der Waals surface area contributed by atoms with Crippen LogP contribution in [0.15, 0.2) is 29.2 Å². The number of nitriles is 1. The van der Waals surface area contributed by atoms with Crippen molar-refractivity contribution in [2.24, 2.45) is 5.92 Å². The van der Waals surface area contributed by atoms with E-state index in [2.05, 4.69) is 16.0 Å². The quantitative estimate of drug-likeness (QED) is 0.841. The molecule has 108 valence electrons. The second-order valence-corrected chi connectivity index (χ2v) is 5.65. The number of piperidine rings is 1. The Morgan fingerprint density at radius 2 is 2.19 bits per heavy atom. The molecule has 0 unspecified atom stereocenters. The van der Waals surface area contributed by atoms with Gasteiger partial charge in [-0.15, -0.1) is 0 Å². The number of hydrogen-bond donors (Lipinski definition) is 0. The lowest BCUT2D eigenvalue weighted by Gasteiger charge is -2.28. The number of likely N-dealkylation sites (tertiary alicyclic amines) is 1. The van der Waals surface area contributed by atoms with E-state index >= 15 is 0 Å². The molecule has 1 fully saturated rings. The summed E-state index contributed by atoms with van der Waals surface area (Å²) < 4.78 is 1.58. The number of hydrogen-bond acceptors (Lipinski definition) is 4. The van der Waals surface area contributed by atoms with Crippen LogP contribution >= 0.6 is 0 Å². The number of aryl methyl sites for hydroxylation is 1. The molecule has 2 aromatic heterocycles. The van der Waals surface area contributed by atoms with Gasteiger partial charge >= 0.3 is 0 Å². The normalized spacial score (nSPS) is 17.0. The zero-order valence-corrected chi connectivity index (χ0v) is 12.1. The molecular weight excluding hydrogens is 264 g/mol. The van der Waals surface area contributed by atoms with Crippen LogP contribution in [0.1, 0.15) is 24.1 Å². The lowest BCUT2D eigenvalue weighted by Crippen LogP contribution is -2.33. The van der Waals surface area contributed by atoms with Gasteiger partial charge in [0.15, 0.2) is 0 Å². The predicted molar refractivity (Wildman–Crippen MR) is 79.8 cm³/mol. The van der Waals surface area contributed by atoms with Crippen molar-refractivity contribution in [2.75, 3.05) is 13.1 Å². The number of aromatic nitrogens is 2. The molecule has 3 rings (SSSR count). The van der Waals surface area contributed by atoms with Crippen LogP contribution in [0.5, 0.6) is 0 Å². The Balaban J connectivity index is 1.84. The second kappa shape index (κ2) is 5.66. The summed E-state index contributed by atoms with van der Waals surface area (Å²) in [5, 5.41) is 8.93. The van der Waals surface area contributed by atoms with Crippen LogP contribution in [0.2, 0.25) is 0 Å². The van der Waals surface area contributed by atoms with Crippen molar-refractivity contribution in [3.8, 4) is 6.07 Å². The molecule has 0 saturated carbocycles. The van der Waals surface area contributed by atoms with Crippen LogP contribution in [0.25, 0.3) is 5.65 Å². The van der Waals surface area contributed by atoms with Crippen molar-refractivity contribution in [3.63, 3.8) is 0 Å². The van der Waals surface area contributed by atoms with Gasteiger partial charge in [-0.1, -0.05) is 6.07 Å². The van der Waals surface area contributed by atoms with E-state index in [1.54, 1.807) is 16.7 Å². The van der Waals surface area contributed by atoms with Crippen LogP contribution in [0.4, 0.5) is 0 Å². The topological polar surface area (TPSA) is 61.4 Å². The Morgan fingerprint density at radius 3 is 2.90 bits per heavy atom. The summed E-state index contributed by atoms with van der Waals surface area (Å²) in [7, 11) is 0. The zero-order chi connectivity index (χ0) is 14.8. The molecule has 5 heteroatoms. The van der Waals surface area contributed by atoms with Gasteiger partial charge < -0.3 is 0 Å². The fourth-order valence-electron chi connectivity index (χ4n) is 2.84. The first kappa shape index (κ1) is 13.8. The molecule has 0 bridgehead atoms. The third-order valence-corrected chi connectivity index (χ3v) is 4.10. The number of pyridine rings is 1. The molecule has 0 N–H and O–H groups in total. The molecule has 0 aliphatic carbocycles. The Morgan fingerprint density at radius 1 is 1.43 bits per heavy atom. The van der Waals surface area contributed by atoms with Crippen LogP contribution in [0, 0.1) is 24.2 Å². The molecule has 3 heterocycles. The van der Waals surface area contributed by atoms with Gasteiger partial charge in [-0.2, -0.15) is 5.26 Å². The van der Waals surface area contributed by atoms with Crippen molar-refractivity contribution in [3.05, 3.63) is 46.0 Å². The Labute approximate surface area is 123 Å². The minimum atomic E-state index is -0.0365. The SMILES string of the molecule is Cc1cccn2c(=O)cc(CN3CCC(C#N)CC3)nc12. The van der Waals surface area contributed by atoms with E-state index in [1.807, 2.05) is 19.1 Å². The van der Waals surface area contributed by atoms with E-state index in [1.165, 1.54) is 0 Å². The Bertz CT molecular complexity index is 751. The van der Waals surface area contributed by atoms with Crippen molar-refractivity contribution in [1.82, 2.24) is 14.3 Å². The van der Waals surface area contributed by atoms with Gasteiger partial charge in [-0.25, -0.2) is 4.98 Å². The van der Waals surface area contributed by atoms with Crippen molar-refractivity contribution in [1.29, 1.82) is 5.26 Å². The Kier molecular flexibility index (Phi) is 3.72. The average Bonchev–Trinajstić information content (AvgIpc) is 2.49. The number of rotatable bonds is 2. The standard InChI is InChI=1S/C16H18N4O/c1-12-3-2-6-20-15(21)9-14(18-16(12)20)11-19-7-4-13(10-17)5-8-19/h2-3,6,9,13H,4-5,7-8,11H2,1H3. The van der Waals surface area contributed by atoms with Gasteiger partial charge in [-0.05, 0) is 44.5 Å². The summed E-state index contributed by atoms with van der Waals surface area (Å²) in [4.78, 5) is 19.0. The van der Waals surface area contributed by atoms with Crippen LogP contribution < -0.4 is 5.56 Å². The van der Waals surface area contributed by atoms with E-state index in [0.29, 0.717) is 6.54 Å². The van der Waals surface area contributed by atoms with Gasteiger partial charge in [0.2, 0.25) is 0 Å². The highest BCUT2D eigenvalue weighted by molar-refractivity contribution is 5.46. The highest BCUT2D eigenvalue weighted by Gasteiger charge is 2.19. The highest BCUT2D eigenvalue weighted by Crippen LogP contribution is 2.17. The molecule has 0 amide bonds. The third-order valence-electron chi connectivity index (χ3n) is 4.10. The summed E-state index contributed by atoms with van der Waals surface area (Å²) in [6, 6.07) is 7.77. The zero-order valence-electron chi connectivity index (χ0n) is 12.1. The summed E-state index contributed by atoms with van der Waals surface area (Å²) in [5.41, 5.74) is 2.50. The summed E-state index contributed by atoms with van der Waals surface area (Å²) >= 11 is 0. The van der Waals surface area contributed by atoms with Gasteiger partial charge in [-0.3, -0.25) is 14.1 Å². The molecule has 1 aliphatic rings. The van der Waals surface area contributed by atoms with Crippen LogP contribution in [-0.2, 0) is 6.54 Å². The maximum absolute atomic E-state index is 12.2. The van der Waals surface area contributed by atoms with Crippen molar-refractivity contribution < 1.29 is 0 Å². The van der Waals surface area contributed by atoms with Crippen molar-refractivity contribution in [2.45, 2.75) is 26.3 Å². The van der Waals surface area contributed by atoms with Gasteiger partial charge in [0, 0.05) is 24.7 Å². The lowest BCUT2D eigenvalue weighted by molar-refractivity contribution is 0.196. The predicted octanol–water partition coefficient (Wildman–Crippen LogP) is 1.74. The molecule has 5 nitrogen and oxygen atoms in total. The first-order valence-electron chi connectivity index (χ1n) is 7.27. The van der Waals surface area contributed by atoms with Gasteiger partial charge in [0.25, 0.3) is 5.56 Å². The van der Waals surface area contributed by atoms with E-state index in [-0.39, 0.29) is 11.5 Å². The molecule has 1 saturated heterocycles. The molecular formula is C16H18N4O. The monoisotopic (exact) mass is 282 g/mol.